The zero-order valence-corrected chi connectivity index (χ0v) is 14.1. The average molecular weight is 280 g/mol. The van der Waals surface area contributed by atoms with Crippen LogP contribution in [0.15, 0.2) is 11.6 Å². The third kappa shape index (κ3) is 6.49. The highest BCUT2D eigenvalue weighted by atomic mass is 16.1. The van der Waals surface area contributed by atoms with E-state index in [0.717, 1.165) is 56.9 Å². The van der Waals surface area contributed by atoms with Crippen molar-refractivity contribution in [2.45, 2.75) is 86.0 Å². The first-order valence-electron chi connectivity index (χ1n) is 8.17. The molecule has 0 rings (SSSR count). The molecule has 0 heterocycles. The van der Waals surface area contributed by atoms with Crippen molar-refractivity contribution < 1.29 is 9.59 Å². The molecule has 0 radical (unpaired) electrons. The van der Waals surface area contributed by atoms with Gasteiger partial charge in [-0.1, -0.05) is 53.4 Å². The highest BCUT2D eigenvalue weighted by Crippen LogP contribution is 2.34. The number of unbranched alkanes of at least 4 members (excludes halogenated alkanes) is 2. The van der Waals surface area contributed by atoms with Crippen LogP contribution in [-0.2, 0) is 9.59 Å². The van der Waals surface area contributed by atoms with Crippen LogP contribution in [-0.4, -0.2) is 11.6 Å². The SMILES string of the molecule is CCCCC(=CC(C)=O)C(=O)C(C)(CCC)CCCC. The lowest BCUT2D eigenvalue weighted by Gasteiger charge is -2.29. The minimum Gasteiger partial charge on any atom is -0.295 e. The van der Waals surface area contributed by atoms with Crippen LogP contribution in [0.5, 0.6) is 0 Å². The smallest absolute Gasteiger partial charge is 0.164 e. The minimum atomic E-state index is -0.292. The van der Waals surface area contributed by atoms with Gasteiger partial charge in [-0.3, -0.25) is 9.59 Å². The average Bonchev–Trinajstić information content (AvgIpc) is 2.40. The van der Waals surface area contributed by atoms with E-state index in [9.17, 15) is 9.59 Å². The molecule has 0 fully saturated rings. The van der Waals surface area contributed by atoms with Gasteiger partial charge in [-0.2, -0.15) is 0 Å². The number of Topliss-reactive ketones (excluding diaryl/α,β-unsaturated/α-hetero) is 1. The maximum Gasteiger partial charge on any atom is 0.164 e. The fraction of sp³-hybridized carbons (Fsp3) is 0.778. The Morgan fingerprint density at radius 1 is 0.950 bits per heavy atom. The fourth-order valence-electron chi connectivity index (χ4n) is 2.72. The lowest BCUT2D eigenvalue weighted by atomic mass is 9.73. The molecule has 0 bridgehead atoms. The zero-order valence-electron chi connectivity index (χ0n) is 14.1. The number of rotatable bonds is 11. The van der Waals surface area contributed by atoms with Crippen LogP contribution < -0.4 is 0 Å². The van der Waals surface area contributed by atoms with E-state index in [1.54, 1.807) is 6.08 Å². The number of hydrogen-bond acceptors (Lipinski definition) is 2. The first-order valence-corrected chi connectivity index (χ1v) is 8.17. The maximum atomic E-state index is 12.9. The van der Waals surface area contributed by atoms with Crippen LogP contribution in [0.2, 0.25) is 0 Å². The van der Waals surface area contributed by atoms with Crippen molar-refractivity contribution in [2.75, 3.05) is 0 Å². The summed E-state index contributed by atoms with van der Waals surface area (Å²) in [7, 11) is 0. The molecule has 0 aromatic heterocycles. The molecular formula is C18H32O2. The van der Waals surface area contributed by atoms with Crippen molar-refractivity contribution in [1.29, 1.82) is 0 Å². The van der Waals surface area contributed by atoms with E-state index < -0.39 is 0 Å². The Labute approximate surface area is 125 Å². The van der Waals surface area contributed by atoms with Crippen molar-refractivity contribution in [3.8, 4) is 0 Å². The fourth-order valence-corrected chi connectivity index (χ4v) is 2.72. The van der Waals surface area contributed by atoms with Crippen molar-refractivity contribution >= 4 is 11.6 Å². The summed E-state index contributed by atoms with van der Waals surface area (Å²) in [6.45, 7) is 9.99. The lowest BCUT2D eigenvalue weighted by molar-refractivity contribution is -0.125. The number of carbonyl (C=O) groups is 2. The van der Waals surface area contributed by atoms with E-state index in [2.05, 4.69) is 27.7 Å². The molecule has 0 aromatic rings. The second-order valence-electron chi connectivity index (χ2n) is 6.13. The van der Waals surface area contributed by atoms with Crippen molar-refractivity contribution in [1.82, 2.24) is 0 Å². The molecule has 1 atom stereocenters. The van der Waals surface area contributed by atoms with Crippen LogP contribution in [0.1, 0.15) is 86.0 Å². The highest BCUT2D eigenvalue weighted by molar-refractivity contribution is 6.04. The maximum absolute atomic E-state index is 12.9. The second-order valence-corrected chi connectivity index (χ2v) is 6.13. The lowest BCUT2D eigenvalue weighted by Crippen LogP contribution is -2.29. The number of ketones is 2. The van der Waals surface area contributed by atoms with Gasteiger partial charge in [-0.15, -0.1) is 0 Å². The molecule has 1 unspecified atom stereocenters. The summed E-state index contributed by atoms with van der Waals surface area (Å²) in [5, 5.41) is 0. The molecule has 0 saturated carbocycles. The number of allylic oxidation sites excluding steroid dienone is 2. The predicted molar refractivity (Wildman–Crippen MR) is 85.8 cm³/mol. The van der Waals surface area contributed by atoms with E-state index in [0.29, 0.717) is 0 Å². The van der Waals surface area contributed by atoms with Gasteiger partial charge in [-0.25, -0.2) is 0 Å². The van der Waals surface area contributed by atoms with Gasteiger partial charge in [0.15, 0.2) is 11.6 Å². The molecule has 0 N–H and O–H groups in total. The van der Waals surface area contributed by atoms with E-state index in [1.165, 1.54) is 6.92 Å². The third-order valence-corrected chi connectivity index (χ3v) is 3.90. The molecule has 20 heavy (non-hydrogen) atoms. The van der Waals surface area contributed by atoms with Gasteiger partial charge in [0.2, 0.25) is 0 Å². The molecule has 0 aliphatic carbocycles. The summed E-state index contributed by atoms with van der Waals surface area (Å²) < 4.78 is 0. The van der Waals surface area contributed by atoms with E-state index in [4.69, 9.17) is 0 Å². The molecule has 0 aliphatic rings. The largest absolute Gasteiger partial charge is 0.295 e. The minimum absolute atomic E-state index is 0.0150. The predicted octanol–water partition coefficient (Wildman–Crippen LogP) is 5.26. The van der Waals surface area contributed by atoms with Crippen LogP contribution >= 0.6 is 0 Å². The summed E-state index contributed by atoms with van der Waals surface area (Å²) in [5.74, 6) is 0.190. The van der Waals surface area contributed by atoms with Crippen LogP contribution in [0.3, 0.4) is 0 Å². The van der Waals surface area contributed by atoms with Crippen LogP contribution in [0.4, 0.5) is 0 Å². The molecule has 0 aromatic carbocycles. The number of hydrogen-bond donors (Lipinski definition) is 0. The summed E-state index contributed by atoms with van der Waals surface area (Å²) in [5.41, 5.74) is 0.450. The molecule has 2 nitrogen and oxygen atoms in total. The van der Waals surface area contributed by atoms with E-state index in [1.807, 2.05) is 0 Å². The Kier molecular flexibility index (Phi) is 9.45. The molecule has 116 valence electrons. The normalized spacial score (nSPS) is 14.9. The van der Waals surface area contributed by atoms with Gasteiger partial charge < -0.3 is 0 Å². The Balaban J connectivity index is 5.18. The van der Waals surface area contributed by atoms with Gasteiger partial charge in [-0.05, 0) is 44.3 Å². The summed E-state index contributed by atoms with van der Waals surface area (Å²) >= 11 is 0. The molecule has 2 heteroatoms. The van der Waals surface area contributed by atoms with Crippen LogP contribution in [0.25, 0.3) is 0 Å². The first kappa shape index (κ1) is 19.1. The number of carbonyl (C=O) groups excluding carboxylic acids is 2. The first-order chi connectivity index (χ1) is 9.41. The van der Waals surface area contributed by atoms with E-state index >= 15 is 0 Å². The molecule has 0 saturated heterocycles. The Morgan fingerprint density at radius 3 is 2.00 bits per heavy atom. The molecule has 0 spiro atoms. The van der Waals surface area contributed by atoms with Gasteiger partial charge in [0.25, 0.3) is 0 Å². The van der Waals surface area contributed by atoms with Gasteiger partial charge in [0.1, 0.15) is 0 Å². The Bertz CT molecular complexity index is 341. The van der Waals surface area contributed by atoms with E-state index in [-0.39, 0.29) is 17.0 Å². The molecule has 0 aliphatic heterocycles. The zero-order chi connectivity index (χ0) is 15.6. The second kappa shape index (κ2) is 9.90. The summed E-state index contributed by atoms with van der Waals surface area (Å²) in [6, 6.07) is 0. The van der Waals surface area contributed by atoms with Crippen molar-refractivity contribution in [3.63, 3.8) is 0 Å². The van der Waals surface area contributed by atoms with Crippen molar-refractivity contribution in [2.24, 2.45) is 5.41 Å². The monoisotopic (exact) mass is 280 g/mol. The quantitative estimate of drug-likeness (QED) is 0.484. The highest BCUT2D eigenvalue weighted by Gasteiger charge is 2.33. The molecular weight excluding hydrogens is 248 g/mol. The Hall–Kier alpha value is -0.920. The van der Waals surface area contributed by atoms with Crippen LogP contribution in [0, 0.1) is 5.41 Å². The molecule has 0 amide bonds. The van der Waals surface area contributed by atoms with Gasteiger partial charge in [0, 0.05) is 5.41 Å². The van der Waals surface area contributed by atoms with Gasteiger partial charge >= 0.3 is 0 Å². The third-order valence-electron chi connectivity index (χ3n) is 3.90. The van der Waals surface area contributed by atoms with Gasteiger partial charge in [0.05, 0.1) is 0 Å². The summed E-state index contributed by atoms with van der Waals surface area (Å²) in [6.07, 6.45) is 9.34. The Morgan fingerprint density at radius 2 is 1.55 bits per heavy atom. The topological polar surface area (TPSA) is 34.1 Å². The van der Waals surface area contributed by atoms with Crippen molar-refractivity contribution in [3.05, 3.63) is 11.6 Å². The summed E-state index contributed by atoms with van der Waals surface area (Å²) in [4.78, 5) is 24.3. The standard InChI is InChI=1S/C18H32O2/c1-6-9-11-16(14-15(4)19)17(20)18(5,12-8-3)13-10-7-2/h14H,6-13H2,1-5H3.